The van der Waals surface area contributed by atoms with Crippen molar-refractivity contribution in [3.05, 3.63) is 53.1 Å². The van der Waals surface area contributed by atoms with E-state index in [1.54, 1.807) is 18.3 Å². The molecular weight excluding hydrogens is 294 g/mol. The number of imidazole rings is 1. The highest BCUT2D eigenvalue weighted by Crippen LogP contribution is 2.19. The van der Waals surface area contributed by atoms with Crippen molar-refractivity contribution in [1.82, 2.24) is 9.55 Å². The van der Waals surface area contributed by atoms with E-state index in [1.165, 1.54) is 37.8 Å². The van der Waals surface area contributed by atoms with Crippen LogP contribution in [0.25, 0.3) is 0 Å². The first-order valence-corrected chi connectivity index (χ1v) is 8.09. The minimum atomic E-state index is -0.406. The molecule has 0 bridgehead atoms. The lowest BCUT2D eigenvalue weighted by atomic mass is 10.1. The van der Waals surface area contributed by atoms with Gasteiger partial charge in [0.2, 0.25) is 0 Å². The van der Waals surface area contributed by atoms with Crippen LogP contribution >= 0.6 is 0 Å². The van der Waals surface area contributed by atoms with E-state index >= 15 is 0 Å². The summed E-state index contributed by atoms with van der Waals surface area (Å²) in [7, 11) is 0. The number of nitrogens with zero attached hydrogens (tertiary/aromatic N) is 3. The van der Waals surface area contributed by atoms with Crippen molar-refractivity contribution in [1.29, 1.82) is 0 Å². The summed E-state index contributed by atoms with van der Waals surface area (Å²) in [5.41, 5.74) is 0.0698. The van der Waals surface area contributed by atoms with Crippen LogP contribution in [-0.4, -0.2) is 21.1 Å². The predicted molar refractivity (Wildman–Crippen MR) is 88.5 cm³/mol. The lowest BCUT2D eigenvalue weighted by molar-refractivity contribution is -0.384. The largest absolute Gasteiger partial charge is 0.493 e. The van der Waals surface area contributed by atoms with Crippen LogP contribution in [0, 0.1) is 10.1 Å². The lowest BCUT2D eigenvalue weighted by Gasteiger charge is -2.06. The third-order valence-corrected chi connectivity index (χ3v) is 3.67. The van der Waals surface area contributed by atoms with E-state index in [9.17, 15) is 10.1 Å². The number of ether oxygens (including phenoxy) is 1. The van der Waals surface area contributed by atoms with Crippen LogP contribution in [0.15, 0.2) is 43.0 Å². The van der Waals surface area contributed by atoms with Crippen LogP contribution in [0.2, 0.25) is 0 Å². The van der Waals surface area contributed by atoms with Crippen LogP contribution in [0.5, 0.6) is 5.75 Å². The fourth-order valence-corrected chi connectivity index (χ4v) is 2.40. The van der Waals surface area contributed by atoms with Crippen molar-refractivity contribution < 1.29 is 9.66 Å². The summed E-state index contributed by atoms with van der Waals surface area (Å²) < 4.78 is 7.66. The molecule has 2 rings (SSSR count). The summed E-state index contributed by atoms with van der Waals surface area (Å²) in [6, 6.07) is 6.34. The summed E-state index contributed by atoms with van der Waals surface area (Å²) in [6.45, 7) is 1.64. The van der Waals surface area contributed by atoms with Crippen LogP contribution in [0.1, 0.15) is 38.5 Å². The van der Waals surface area contributed by atoms with Crippen molar-refractivity contribution in [2.24, 2.45) is 0 Å². The molecule has 0 aliphatic carbocycles. The molecule has 1 aromatic carbocycles. The quantitative estimate of drug-likeness (QED) is 0.353. The monoisotopic (exact) mass is 317 g/mol. The van der Waals surface area contributed by atoms with Gasteiger partial charge in [-0.25, -0.2) is 4.98 Å². The Hall–Kier alpha value is -2.37. The van der Waals surface area contributed by atoms with Gasteiger partial charge in [0.25, 0.3) is 5.69 Å². The molecule has 0 amide bonds. The van der Waals surface area contributed by atoms with Gasteiger partial charge in [0.1, 0.15) is 5.75 Å². The smallest absolute Gasteiger partial charge is 0.273 e. The molecule has 0 unspecified atom stereocenters. The summed E-state index contributed by atoms with van der Waals surface area (Å²) in [4.78, 5) is 14.3. The lowest BCUT2D eigenvalue weighted by Crippen LogP contribution is -1.98. The molecule has 0 N–H and O–H groups in total. The molecule has 0 saturated carbocycles. The third kappa shape index (κ3) is 6.50. The first kappa shape index (κ1) is 17.0. The van der Waals surface area contributed by atoms with Gasteiger partial charge in [0, 0.05) is 25.0 Å². The summed E-state index contributed by atoms with van der Waals surface area (Å²) >= 11 is 0. The van der Waals surface area contributed by atoms with Crippen molar-refractivity contribution >= 4 is 5.69 Å². The number of rotatable bonds is 11. The van der Waals surface area contributed by atoms with E-state index in [-0.39, 0.29) is 5.69 Å². The number of nitro benzene ring substituents is 1. The molecule has 23 heavy (non-hydrogen) atoms. The molecule has 0 aliphatic rings. The zero-order valence-electron chi connectivity index (χ0n) is 13.3. The van der Waals surface area contributed by atoms with E-state index < -0.39 is 4.92 Å². The zero-order chi connectivity index (χ0) is 16.3. The normalized spacial score (nSPS) is 10.6. The molecule has 124 valence electrons. The summed E-state index contributed by atoms with van der Waals surface area (Å²) in [5, 5.41) is 10.7. The maximum Gasteiger partial charge on any atom is 0.273 e. The van der Waals surface area contributed by atoms with Crippen molar-refractivity contribution in [3.63, 3.8) is 0 Å². The molecule has 0 saturated heterocycles. The Bertz CT molecular complexity index is 585. The van der Waals surface area contributed by atoms with Gasteiger partial charge in [-0.1, -0.05) is 31.7 Å². The number of non-ortho nitro benzene ring substituents is 1. The molecular formula is C17H23N3O3. The van der Waals surface area contributed by atoms with Crippen molar-refractivity contribution in [2.45, 2.75) is 45.1 Å². The molecule has 0 aliphatic heterocycles. The Balaban J connectivity index is 1.48. The number of aromatic nitrogens is 2. The molecule has 1 aromatic heterocycles. The van der Waals surface area contributed by atoms with Crippen LogP contribution in [0.3, 0.4) is 0 Å². The topological polar surface area (TPSA) is 70.2 Å². The Morgan fingerprint density at radius 1 is 1.13 bits per heavy atom. The Morgan fingerprint density at radius 2 is 1.91 bits per heavy atom. The SMILES string of the molecule is O=[N+]([O-])c1cccc(OCCCCCCCCn2ccnc2)c1. The van der Waals surface area contributed by atoms with Crippen molar-refractivity contribution in [2.75, 3.05) is 6.61 Å². The van der Waals surface area contributed by atoms with Crippen LogP contribution < -0.4 is 4.74 Å². The number of hydrogen-bond donors (Lipinski definition) is 0. The Morgan fingerprint density at radius 3 is 2.65 bits per heavy atom. The standard InChI is InChI=1S/C17H23N3O3/c21-20(22)16-8-7-9-17(14-16)23-13-6-4-2-1-3-5-11-19-12-10-18-15-19/h7-10,12,14-15H,1-6,11,13H2. The molecule has 0 spiro atoms. The minimum absolute atomic E-state index is 0.0698. The molecule has 2 aromatic rings. The average Bonchev–Trinajstić information content (AvgIpc) is 3.07. The van der Waals surface area contributed by atoms with Gasteiger partial charge in [0.05, 0.1) is 23.9 Å². The van der Waals surface area contributed by atoms with Crippen LogP contribution in [-0.2, 0) is 6.54 Å². The van der Waals surface area contributed by atoms with E-state index in [4.69, 9.17) is 4.74 Å². The number of unbranched alkanes of at least 4 members (excludes halogenated alkanes) is 5. The van der Waals surface area contributed by atoms with E-state index in [2.05, 4.69) is 9.55 Å². The fourth-order valence-electron chi connectivity index (χ4n) is 2.40. The fraction of sp³-hybridized carbons (Fsp3) is 0.471. The first-order valence-electron chi connectivity index (χ1n) is 8.09. The van der Waals surface area contributed by atoms with E-state index in [0.717, 1.165) is 19.4 Å². The minimum Gasteiger partial charge on any atom is -0.493 e. The number of hydrogen-bond acceptors (Lipinski definition) is 4. The second kappa shape index (κ2) is 9.61. The summed E-state index contributed by atoms with van der Waals surface area (Å²) in [6.07, 6.45) is 12.6. The van der Waals surface area contributed by atoms with Gasteiger partial charge in [-0.15, -0.1) is 0 Å². The second-order valence-corrected chi connectivity index (χ2v) is 5.52. The predicted octanol–water partition coefficient (Wildman–Crippen LogP) is 4.21. The van der Waals surface area contributed by atoms with Gasteiger partial charge in [-0.05, 0) is 18.9 Å². The second-order valence-electron chi connectivity index (χ2n) is 5.52. The van der Waals surface area contributed by atoms with Crippen molar-refractivity contribution in [3.8, 4) is 5.75 Å². The van der Waals surface area contributed by atoms with Gasteiger partial charge >= 0.3 is 0 Å². The van der Waals surface area contributed by atoms with Crippen LogP contribution in [0.4, 0.5) is 5.69 Å². The van der Waals surface area contributed by atoms with Gasteiger partial charge in [-0.2, -0.15) is 0 Å². The molecule has 0 radical (unpaired) electrons. The molecule has 1 heterocycles. The molecule has 6 nitrogen and oxygen atoms in total. The Kier molecular flexibility index (Phi) is 7.10. The zero-order valence-corrected chi connectivity index (χ0v) is 13.3. The highest BCUT2D eigenvalue weighted by molar-refractivity contribution is 5.37. The third-order valence-electron chi connectivity index (χ3n) is 3.67. The van der Waals surface area contributed by atoms with E-state index in [1.807, 2.05) is 12.5 Å². The average molecular weight is 317 g/mol. The van der Waals surface area contributed by atoms with Gasteiger partial charge in [-0.3, -0.25) is 10.1 Å². The maximum atomic E-state index is 10.7. The summed E-state index contributed by atoms with van der Waals surface area (Å²) in [5.74, 6) is 0.569. The van der Waals surface area contributed by atoms with E-state index in [0.29, 0.717) is 12.4 Å². The highest BCUT2D eigenvalue weighted by Gasteiger charge is 2.05. The maximum absolute atomic E-state index is 10.7. The highest BCUT2D eigenvalue weighted by atomic mass is 16.6. The van der Waals surface area contributed by atoms with Gasteiger partial charge in [0.15, 0.2) is 0 Å². The van der Waals surface area contributed by atoms with Gasteiger partial charge < -0.3 is 9.30 Å². The molecule has 6 heteroatoms. The molecule has 0 fully saturated rings. The Labute approximate surface area is 136 Å². The number of benzene rings is 1. The number of aryl methyl sites for hydroxylation is 1. The first-order chi connectivity index (χ1) is 11.3. The molecule has 0 atom stereocenters. The number of nitro groups is 1.